The SMILES string of the molecule is O=C1OCC(N2CCOCC2)=C1c1ccc(Br)cc1. The zero-order chi connectivity index (χ0) is 13.2. The molecule has 0 radical (unpaired) electrons. The van der Waals surface area contributed by atoms with Crippen molar-refractivity contribution in [2.24, 2.45) is 0 Å². The number of halogens is 1. The van der Waals surface area contributed by atoms with Crippen molar-refractivity contribution in [3.05, 3.63) is 40.0 Å². The van der Waals surface area contributed by atoms with E-state index in [1.165, 1.54) is 0 Å². The minimum Gasteiger partial charge on any atom is -0.456 e. The van der Waals surface area contributed by atoms with E-state index in [9.17, 15) is 4.79 Å². The number of nitrogens with zero attached hydrogens (tertiary/aromatic N) is 1. The van der Waals surface area contributed by atoms with Crippen molar-refractivity contribution in [3.8, 4) is 0 Å². The molecule has 0 amide bonds. The zero-order valence-corrected chi connectivity index (χ0v) is 12.0. The number of esters is 1. The molecular weight excluding hydrogens is 310 g/mol. The van der Waals surface area contributed by atoms with Crippen LogP contribution in [0.15, 0.2) is 34.4 Å². The number of hydrogen-bond acceptors (Lipinski definition) is 4. The monoisotopic (exact) mass is 323 g/mol. The Kier molecular flexibility index (Phi) is 3.57. The molecule has 4 nitrogen and oxygen atoms in total. The summed E-state index contributed by atoms with van der Waals surface area (Å²) < 4.78 is 11.6. The van der Waals surface area contributed by atoms with Gasteiger partial charge in [0.05, 0.1) is 24.5 Å². The van der Waals surface area contributed by atoms with Crippen LogP contribution in [-0.4, -0.2) is 43.8 Å². The summed E-state index contributed by atoms with van der Waals surface area (Å²) in [7, 11) is 0. The molecular formula is C14H14BrNO3. The first-order chi connectivity index (χ1) is 9.25. The van der Waals surface area contributed by atoms with Crippen molar-refractivity contribution in [1.82, 2.24) is 4.90 Å². The second kappa shape index (κ2) is 5.35. The van der Waals surface area contributed by atoms with E-state index in [1.54, 1.807) is 0 Å². The Balaban J connectivity index is 1.97. The van der Waals surface area contributed by atoms with E-state index in [0.717, 1.165) is 28.8 Å². The Morgan fingerprint density at radius 1 is 1.11 bits per heavy atom. The van der Waals surface area contributed by atoms with Crippen LogP contribution in [0.1, 0.15) is 5.56 Å². The highest BCUT2D eigenvalue weighted by Crippen LogP contribution is 2.29. The molecule has 2 aliphatic heterocycles. The summed E-state index contributed by atoms with van der Waals surface area (Å²) in [6.45, 7) is 3.39. The lowest BCUT2D eigenvalue weighted by molar-refractivity contribution is -0.134. The van der Waals surface area contributed by atoms with Crippen molar-refractivity contribution in [3.63, 3.8) is 0 Å². The maximum atomic E-state index is 12.0. The van der Waals surface area contributed by atoms with Gasteiger partial charge in [0.1, 0.15) is 6.61 Å². The Labute approximate surface area is 120 Å². The number of ether oxygens (including phenoxy) is 2. The average Bonchev–Trinajstić information content (AvgIpc) is 2.83. The van der Waals surface area contributed by atoms with Crippen LogP contribution in [0.2, 0.25) is 0 Å². The molecule has 1 fully saturated rings. The van der Waals surface area contributed by atoms with Gasteiger partial charge in [0.15, 0.2) is 0 Å². The molecule has 0 aliphatic carbocycles. The second-order valence-corrected chi connectivity index (χ2v) is 5.42. The molecule has 0 saturated carbocycles. The first kappa shape index (κ1) is 12.7. The van der Waals surface area contributed by atoms with Crippen LogP contribution in [0.3, 0.4) is 0 Å². The van der Waals surface area contributed by atoms with Crippen molar-refractivity contribution in [2.75, 3.05) is 32.9 Å². The summed E-state index contributed by atoms with van der Waals surface area (Å²) in [6, 6.07) is 7.74. The molecule has 0 aromatic heterocycles. The second-order valence-electron chi connectivity index (χ2n) is 4.50. The van der Waals surface area contributed by atoms with Crippen molar-refractivity contribution in [1.29, 1.82) is 0 Å². The fourth-order valence-corrected chi connectivity index (χ4v) is 2.64. The summed E-state index contributed by atoms with van der Waals surface area (Å²) in [5.41, 5.74) is 2.58. The van der Waals surface area contributed by atoms with Crippen LogP contribution in [0.25, 0.3) is 5.57 Å². The Bertz CT molecular complexity index is 518. The Morgan fingerprint density at radius 3 is 2.47 bits per heavy atom. The van der Waals surface area contributed by atoms with E-state index in [4.69, 9.17) is 9.47 Å². The molecule has 1 saturated heterocycles. The third-order valence-corrected chi connectivity index (χ3v) is 3.89. The van der Waals surface area contributed by atoms with Crippen molar-refractivity contribution in [2.45, 2.75) is 0 Å². The smallest absolute Gasteiger partial charge is 0.341 e. The molecule has 0 N–H and O–H groups in total. The maximum absolute atomic E-state index is 12.0. The molecule has 1 aromatic carbocycles. The lowest BCUT2D eigenvalue weighted by Gasteiger charge is -2.29. The molecule has 2 heterocycles. The number of carbonyl (C=O) groups excluding carboxylic acids is 1. The zero-order valence-electron chi connectivity index (χ0n) is 10.4. The predicted octanol–water partition coefficient (Wildman–Crippen LogP) is 2.05. The summed E-state index contributed by atoms with van der Waals surface area (Å²) in [5.74, 6) is -0.233. The number of hydrogen-bond donors (Lipinski definition) is 0. The number of cyclic esters (lactones) is 1. The number of rotatable bonds is 2. The minimum absolute atomic E-state index is 0.233. The van der Waals surface area contributed by atoms with Crippen LogP contribution in [0.5, 0.6) is 0 Å². The summed E-state index contributed by atoms with van der Waals surface area (Å²) in [5, 5.41) is 0. The van der Waals surface area contributed by atoms with Gasteiger partial charge in [-0.2, -0.15) is 0 Å². The van der Waals surface area contributed by atoms with Crippen molar-refractivity contribution >= 4 is 27.5 Å². The van der Waals surface area contributed by atoms with Crippen LogP contribution in [0.4, 0.5) is 0 Å². The van der Waals surface area contributed by atoms with Gasteiger partial charge < -0.3 is 14.4 Å². The normalized spacial score (nSPS) is 19.8. The highest BCUT2D eigenvalue weighted by Gasteiger charge is 2.30. The molecule has 5 heteroatoms. The average molecular weight is 324 g/mol. The van der Waals surface area contributed by atoms with E-state index >= 15 is 0 Å². The number of morpholine rings is 1. The van der Waals surface area contributed by atoms with Gasteiger partial charge in [0.25, 0.3) is 0 Å². The highest BCUT2D eigenvalue weighted by molar-refractivity contribution is 9.10. The van der Waals surface area contributed by atoms with Crippen LogP contribution in [-0.2, 0) is 14.3 Å². The van der Waals surface area contributed by atoms with E-state index in [1.807, 2.05) is 24.3 Å². The molecule has 2 aliphatic rings. The molecule has 0 spiro atoms. The van der Waals surface area contributed by atoms with Gasteiger partial charge in [-0.15, -0.1) is 0 Å². The largest absolute Gasteiger partial charge is 0.456 e. The van der Waals surface area contributed by atoms with Gasteiger partial charge in [-0.25, -0.2) is 4.79 Å². The predicted molar refractivity (Wildman–Crippen MR) is 74.4 cm³/mol. The van der Waals surface area contributed by atoms with E-state index in [0.29, 0.717) is 25.4 Å². The quantitative estimate of drug-likeness (QED) is 0.781. The molecule has 3 rings (SSSR count). The molecule has 0 atom stereocenters. The van der Waals surface area contributed by atoms with E-state index in [-0.39, 0.29) is 5.97 Å². The number of benzene rings is 1. The standard InChI is InChI=1S/C14H14BrNO3/c15-11-3-1-10(2-4-11)13-12(9-19-14(13)17)16-5-7-18-8-6-16/h1-4H,5-9H2. The van der Waals surface area contributed by atoms with Gasteiger partial charge in [0, 0.05) is 17.6 Å². The topological polar surface area (TPSA) is 38.8 Å². The lowest BCUT2D eigenvalue weighted by Crippen LogP contribution is -2.36. The summed E-state index contributed by atoms with van der Waals surface area (Å²) in [6.07, 6.45) is 0. The molecule has 100 valence electrons. The van der Waals surface area contributed by atoms with E-state index < -0.39 is 0 Å². The fraction of sp³-hybridized carbons (Fsp3) is 0.357. The summed E-state index contributed by atoms with van der Waals surface area (Å²) >= 11 is 3.40. The molecule has 0 unspecified atom stereocenters. The van der Waals surface area contributed by atoms with E-state index in [2.05, 4.69) is 20.8 Å². The van der Waals surface area contributed by atoms with Gasteiger partial charge in [-0.1, -0.05) is 28.1 Å². The lowest BCUT2D eigenvalue weighted by atomic mass is 10.0. The third-order valence-electron chi connectivity index (χ3n) is 3.36. The Hall–Kier alpha value is -1.33. The highest BCUT2D eigenvalue weighted by atomic mass is 79.9. The molecule has 0 bridgehead atoms. The van der Waals surface area contributed by atoms with Gasteiger partial charge in [0.2, 0.25) is 0 Å². The van der Waals surface area contributed by atoms with Crippen LogP contribution < -0.4 is 0 Å². The minimum atomic E-state index is -0.233. The van der Waals surface area contributed by atoms with Gasteiger partial charge in [-0.3, -0.25) is 0 Å². The van der Waals surface area contributed by atoms with Gasteiger partial charge >= 0.3 is 5.97 Å². The van der Waals surface area contributed by atoms with Crippen molar-refractivity contribution < 1.29 is 14.3 Å². The van der Waals surface area contributed by atoms with Crippen LogP contribution >= 0.6 is 15.9 Å². The fourth-order valence-electron chi connectivity index (χ4n) is 2.38. The maximum Gasteiger partial charge on any atom is 0.341 e. The Morgan fingerprint density at radius 2 is 1.79 bits per heavy atom. The number of carbonyl (C=O) groups is 1. The third kappa shape index (κ3) is 2.53. The summed E-state index contributed by atoms with van der Waals surface area (Å²) in [4.78, 5) is 14.1. The first-order valence-corrected chi connectivity index (χ1v) is 7.04. The molecule has 1 aromatic rings. The molecule has 19 heavy (non-hydrogen) atoms. The van der Waals surface area contributed by atoms with Crippen LogP contribution in [0, 0.1) is 0 Å². The first-order valence-electron chi connectivity index (χ1n) is 6.24. The van der Waals surface area contributed by atoms with Gasteiger partial charge in [-0.05, 0) is 17.7 Å².